The Hall–Kier alpha value is -2.51. The van der Waals surface area contributed by atoms with E-state index in [0.29, 0.717) is 5.02 Å². The Morgan fingerprint density at radius 2 is 1.67 bits per heavy atom. The zero-order chi connectivity index (χ0) is 24.9. The molecule has 1 aliphatic carbocycles. The smallest absolute Gasteiger partial charge is 0.168 e. The van der Waals surface area contributed by atoms with Crippen molar-refractivity contribution >= 4 is 50.5 Å². The van der Waals surface area contributed by atoms with Gasteiger partial charge in [0.2, 0.25) is 0 Å². The van der Waals surface area contributed by atoms with E-state index in [1.807, 2.05) is 48.5 Å². The maximum absolute atomic E-state index is 6.65. The molecule has 0 saturated heterocycles. The van der Waals surface area contributed by atoms with E-state index in [9.17, 15) is 0 Å². The molecule has 0 aliphatic heterocycles. The molecule has 4 nitrogen and oxygen atoms in total. The SMILES string of the molecule is CCc1c(-c2nnc(C3(c4ccc(Cl)cc4)CC3)s2)nc(-c2ccccc2Cl)n1-c1ccc(Br)cc1. The first kappa shape index (κ1) is 23.9. The van der Waals surface area contributed by atoms with Gasteiger partial charge >= 0.3 is 0 Å². The largest absolute Gasteiger partial charge is 0.296 e. The highest BCUT2D eigenvalue weighted by Gasteiger charge is 2.49. The second kappa shape index (κ2) is 9.42. The van der Waals surface area contributed by atoms with Gasteiger partial charge in [-0.05, 0) is 73.4 Å². The molecule has 5 aromatic rings. The van der Waals surface area contributed by atoms with Crippen LogP contribution in [0, 0.1) is 0 Å². The maximum Gasteiger partial charge on any atom is 0.168 e. The maximum atomic E-state index is 6.65. The number of hydrogen-bond acceptors (Lipinski definition) is 4. The molecule has 1 fully saturated rings. The Morgan fingerprint density at radius 1 is 0.944 bits per heavy atom. The quantitative estimate of drug-likeness (QED) is 0.197. The van der Waals surface area contributed by atoms with Crippen LogP contribution in [-0.2, 0) is 11.8 Å². The fourth-order valence-electron chi connectivity index (χ4n) is 4.67. The van der Waals surface area contributed by atoms with Gasteiger partial charge in [-0.2, -0.15) is 0 Å². The summed E-state index contributed by atoms with van der Waals surface area (Å²) in [4.78, 5) is 5.14. The number of rotatable bonds is 6. The summed E-state index contributed by atoms with van der Waals surface area (Å²) in [7, 11) is 0. The van der Waals surface area contributed by atoms with Crippen molar-refractivity contribution in [1.29, 1.82) is 0 Å². The van der Waals surface area contributed by atoms with Crippen LogP contribution in [0.25, 0.3) is 27.8 Å². The van der Waals surface area contributed by atoms with Crippen molar-refractivity contribution in [3.05, 3.63) is 104 Å². The third-order valence-electron chi connectivity index (χ3n) is 6.69. The van der Waals surface area contributed by atoms with Gasteiger partial charge in [-0.1, -0.05) is 81.7 Å². The molecule has 0 radical (unpaired) electrons. The third kappa shape index (κ3) is 4.10. The number of imidazole rings is 1. The van der Waals surface area contributed by atoms with Gasteiger partial charge in [0.1, 0.15) is 16.5 Å². The first-order chi connectivity index (χ1) is 17.5. The molecule has 36 heavy (non-hydrogen) atoms. The van der Waals surface area contributed by atoms with E-state index >= 15 is 0 Å². The number of benzene rings is 3. The second-order valence-corrected chi connectivity index (χ2v) is 11.6. The van der Waals surface area contributed by atoms with Crippen molar-refractivity contribution in [3.8, 4) is 27.8 Å². The molecule has 1 aliphatic rings. The fourth-order valence-corrected chi connectivity index (χ4v) is 6.41. The van der Waals surface area contributed by atoms with Gasteiger partial charge in [-0.25, -0.2) is 4.98 Å². The normalized spacial score (nSPS) is 14.2. The predicted octanol–water partition coefficient (Wildman–Crippen LogP) is 8.77. The molecule has 0 unspecified atom stereocenters. The van der Waals surface area contributed by atoms with Crippen molar-refractivity contribution in [3.63, 3.8) is 0 Å². The molecule has 2 aromatic heterocycles. The zero-order valence-corrected chi connectivity index (χ0v) is 23.3. The van der Waals surface area contributed by atoms with E-state index in [1.165, 1.54) is 5.56 Å². The Labute approximate surface area is 232 Å². The van der Waals surface area contributed by atoms with Crippen LogP contribution in [-0.4, -0.2) is 19.7 Å². The van der Waals surface area contributed by atoms with E-state index in [1.54, 1.807) is 11.3 Å². The summed E-state index contributed by atoms with van der Waals surface area (Å²) in [5.74, 6) is 0.797. The summed E-state index contributed by atoms with van der Waals surface area (Å²) in [5.41, 5.74) is 4.99. The second-order valence-electron chi connectivity index (χ2n) is 8.88. The minimum Gasteiger partial charge on any atom is -0.296 e. The molecular formula is C28H21BrCl2N4S. The molecule has 1 saturated carbocycles. The standard InChI is InChI=1S/C28H21BrCl2N4S/c1-2-23-24(26-33-34-27(36-26)28(15-16-28)17-7-11-19(30)12-8-17)32-25(21-5-3-4-6-22(21)31)35(23)20-13-9-18(29)10-14-20/h3-14H,2,15-16H2,1H3. The Bertz CT molecular complexity index is 1550. The highest BCUT2D eigenvalue weighted by atomic mass is 79.9. The van der Waals surface area contributed by atoms with Crippen molar-refractivity contribution in [1.82, 2.24) is 19.7 Å². The van der Waals surface area contributed by atoms with Crippen LogP contribution < -0.4 is 0 Å². The lowest BCUT2D eigenvalue weighted by Crippen LogP contribution is -2.07. The lowest BCUT2D eigenvalue weighted by Gasteiger charge is -2.13. The van der Waals surface area contributed by atoms with E-state index in [4.69, 9.17) is 28.2 Å². The topological polar surface area (TPSA) is 43.6 Å². The Balaban J connectivity index is 1.50. The number of aromatic nitrogens is 4. The zero-order valence-electron chi connectivity index (χ0n) is 19.4. The van der Waals surface area contributed by atoms with Gasteiger partial charge in [0.15, 0.2) is 5.01 Å². The van der Waals surface area contributed by atoms with Crippen molar-refractivity contribution in [2.75, 3.05) is 0 Å². The molecule has 0 N–H and O–H groups in total. The van der Waals surface area contributed by atoms with Crippen LogP contribution in [0.3, 0.4) is 0 Å². The van der Waals surface area contributed by atoms with E-state index in [2.05, 4.69) is 61.9 Å². The molecule has 0 amide bonds. The minimum atomic E-state index is -0.0767. The highest BCUT2D eigenvalue weighted by molar-refractivity contribution is 9.10. The van der Waals surface area contributed by atoms with Crippen LogP contribution in [0.4, 0.5) is 0 Å². The average Bonchev–Trinajstić information content (AvgIpc) is 3.38. The highest BCUT2D eigenvalue weighted by Crippen LogP contribution is 2.55. The van der Waals surface area contributed by atoms with Gasteiger partial charge in [0.05, 0.1) is 10.7 Å². The number of nitrogens with zero attached hydrogens (tertiary/aromatic N) is 4. The Kier molecular flexibility index (Phi) is 6.24. The van der Waals surface area contributed by atoms with Gasteiger partial charge in [0.25, 0.3) is 0 Å². The molecule has 180 valence electrons. The van der Waals surface area contributed by atoms with Crippen LogP contribution in [0.15, 0.2) is 77.3 Å². The minimum absolute atomic E-state index is 0.0767. The summed E-state index contributed by atoms with van der Waals surface area (Å²) >= 11 is 18.0. The van der Waals surface area contributed by atoms with Crippen LogP contribution in [0.2, 0.25) is 10.0 Å². The lowest BCUT2D eigenvalue weighted by atomic mass is 9.97. The molecular weight excluding hydrogens is 575 g/mol. The molecule has 0 spiro atoms. The predicted molar refractivity (Wildman–Crippen MR) is 151 cm³/mol. The van der Waals surface area contributed by atoms with Crippen LogP contribution in [0.5, 0.6) is 0 Å². The van der Waals surface area contributed by atoms with Crippen LogP contribution in [0.1, 0.15) is 36.0 Å². The molecule has 0 atom stereocenters. The van der Waals surface area contributed by atoms with Gasteiger partial charge in [-0.15, -0.1) is 10.2 Å². The molecule has 3 aromatic carbocycles. The van der Waals surface area contributed by atoms with Gasteiger partial charge in [-0.3, -0.25) is 4.57 Å². The van der Waals surface area contributed by atoms with Crippen molar-refractivity contribution in [2.24, 2.45) is 0 Å². The molecule has 2 heterocycles. The lowest BCUT2D eigenvalue weighted by molar-refractivity contribution is 0.807. The molecule has 0 bridgehead atoms. The summed E-state index contributed by atoms with van der Waals surface area (Å²) < 4.78 is 3.21. The molecule has 6 rings (SSSR count). The van der Waals surface area contributed by atoms with Crippen molar-refractivity contribution in [2.45, 2.75) is 31.6 Å². The van der Waals surface area contributed by atoms with E-state index in [-0.39, 0.29) is 5.41 Å². The summed E-state index contributed by atoms with van der Waals surface area (Å²) in [6.07, 6.45) is 2.89. The monoisotopic (exact) mass is 594 g/mol. The van der Waals surface area contributed by atoms with Crippen LogP contribution >= 0.6 is 50.5 Å². The third-order valence-corrected chi connectivity index (χ3v) is 8.94. The molecule has 8 heteroatoms. The van der Waals surface area contributed by atoms with E-state index < -0.39 is 0 Å². The number of halogens is 3. The first-order valence-electron chi connectivity index (χ1n) is 11.7. The summed E-state index contributed by atoms with van der Waals surface area (Å²) in [6.45, 7) is 2.14. The van der Waals surface area contributed by atoms with Gasteiger partial charge in [0, 0.05) is 26.2 Å². The Morgan fingerprint density at radius 3 is 2.33 bits per heavy atom. The number of hydrogen-bond donors (Lipinski definition) is 0. The van der Waals surface area contributed by atoms with E-state index in [0.717, 1.165) is 67.2 Å². The van der Waals surface area contributed by atoms with Gasteiger partial charge < -0.3 is 0 Å². The summed E-state index contributed by atoms with van der Waals surface area (Å²) in [6, 6.07) is 24.2. The fraction of sp³-hybridized carbons (Fsp3) is 0.179. The van der Waals surface area contributed by atoms with Crippen molar-refractivity contribution < 1.29 is 0 Å². The average molecular weight is 596 g/mol. The summed E-state index contributed by atoms with van der Waals surface area (Å²) in [5, 5.41) is 12.6. The first-order valence-corrected chi connectivity index (χ1v) is 14.1.